The maximum Gasteiger partial charge on any atom is 0.0856 e. The molecule has 0 unspecified atom stereocenters. The van der Waals surface area contributed by atoms with E-state index in [1.807, 2.05) is 4.68 Å². The van der Waals surface area contributed by atoms with E-state index in [0.29, 0.717) is 0 Å². The average Bonchev–Trinajstić information content (AvgIpc) is 2.44. The highest BCUT2D eigenvalue weighted by Gasteiger charge is 2.15. The molecule has 1 aliphatic rings. The van der Waals surface area contributed by atoms with Crippen LogP contribution in [0.2, 0.25) is 0 Å². The largest absolute Gasteiger partial charge is 0.249 e. The zero-order chi connectivity index (χ0) is 6.97. The second-order valence-electron chi connectivity index (χ2n) is 2.66. The first-order valence-electron chi connectivity index (χ1n) is 3.83. The Morgan fingerprint density at radius 2 is 2.50 bits per heavy atom. The molecule has 0 saturated heterocycles. The molecule has 1 aromatic heterocycles. The monoisotopic (exact) mass is 137 g/mol. The van der Waals surface area contributed by atoms with E-state index in [-0.39, 0.29) is 0 Å². The minimum Gasteiger partial charge on any atom is -0.249 e. The van der Waals surface area contributed by atoms with E-state index in [9.17, 15) is 0 Å². The van der Waals surface area contributed by atoms with E-state index < -0.39 is 0 Å². The standard InChI is InChI=1S/C7H11N3/c1-2-6-7-4-3-5-10(7)9-8-6/h2-5H2,1H3. The molecule has 0 saturated carbocycles. The van der Waals surface area contributed by atoms with Gasteiger partial charge in [0.25, 0.3) is 0 Å². The second kappa shape index (κ2) is 2.08. The average molecular weight is 137 g/mol. The van der Waals surface area contributed by atoms with Crippen molar-refractivity contribution in [2.24, 2.45) is 0 Å². The van der Waals surface area contributed by atoms with Gasteiger partial charge in [-0.3, -0.25) is 0 Å². The molecule has 0 radical (unpaired) electrons. The van der Waals surface area contributed by atoms with Crippen molar-refractivity contribution < 1.29 is 0 Å². The molecule has 0 atom stereocenters. The molecule has 3 heteroatoms. The van der Waals surface area contributed by atoms with E-state index in [1.165, 1.54) is 24.2 Å². The lowest BCUT2D eigenvalue weighted by molar-refractivity contribution is 0.622. The van der Waals surface area contributed by atoms with Crippen molar-refractivity contribution in [1.29, 1.82) is 0 Å². The zero-order valence-corrected chi connectivity index (χ0v) is 6.17. The van der Waals surface area contributed by atoms with E-state index in [0.717, 1.165) is 13.0 Å². The van der Waals surface area contributed by atoms with Crippen molar-refractivity contribution in [2.45, 2.75) is 32.7 Å². The lowest BCUT2D eigenvalue weighted by Crippen LogP contribution is -1.93. The van der Waals surface area contributed by atoms with Gasteiger partial charge in [0.1, 0.15) is 0 Å². The Morgan fingerprint density at radius 1 is 1.60 bits per heavy atom. The van der Waals surface area contributed by atoms with E-state index >= 15 is 0 Å². The summed E-state index contributed by atoms with van der Waals surface area (Å²) in [5.74, 6) is 0. The fourth-order valence-electron chi connectivity index (χ4n) is 1.49. The number of aryl methyl sites for hydroxylation is 2. The summed E-state index contributed by atoms with van der Waals surface area (Å²) in [6, 6.07) is 0. The van der Waals surface area contributed by atoms with Crippen molar-refractivity contribution in [3.63, 3.8) is 0 Å². The van der Waals surface area contributed by atoms with Crippen molar-refractivity contribution in [1.82, 2.24) is 15.0 Å². The van der Waals surface area contributed by atoms with Crippen LogP contribution in [0, 0.1) is 0 Å². The zero-order valence-electron chi connectivity index (χ0n) is 6.17. The van der Waals surface area contributed by atoms with Crippen LogP contribution in [-0.2, 0) is 19.4 Å². The first kappa shape index (κ1) is 5.89. The fourth-order valence-corrected chi connectivity index (χ4v) is 1.49. The van der Waals surface area contributed by atoms with Gasteiger partial charge < -0.3 is 0 Å². The summed E-state index contributed by atoms with van der Waals surface area (Å²) in [4.78, 5) is 0. The topological polar surface area (TPSA) is 30.7 Å². The molecule has 0 bridgehead atoms. The molecule has 10 heavy (non-hydrogen) atoms. The molecule has 3 nitrogen and oxygen atoms in total. The molecule has 0 N–H and O–H groups in total. The number of aromatic nitrogens is 3. The number of hydrogen-bond acceptors (Lipinski definition) is 2. The molecule has 0 aliphatic carbocycles. The van der Waals surface area contributed by atoms with Crippen LogP contribution in [0.1, 0.15) is 24.7 Å². The number of hydrogen-bond donors (Lipinski definition) is 0. The van der Waals surface area contributed by atoms with Gasteiger partial charge in [-0.05, 0) is 19.3 Å². The van der Waals surface area contributed by atoms with Gasteiger partial charge in [-0.2, -0.15) is 0 Å². The maximum absolute atomic E-state index is 4.07. The van der Waals surface area contributed by atoms with Gasteiger partial charge in [0.05, 0.1) is 11.4 Å². The van der Waals surface area contributed by atoms with Crippen LogP contribution in [0.5, 0.6) is 0 Å². The highest BCUT2D eigenvalue weighted by molar-refractivity contribution is 5.12. The van der Waals surface area contributed by atoms with Crippen LogP contribution in [-0.4, -0.2) is 15.0 Å². The molecular formula is C7H11N3. The summed E-state index contributed by atoms with van der Waals surface area (Å²) in [6.07, 6.45) is 3.45. The molecule has 2 heterocycles. The minimum atomic E-state index is 1.02. The molecule has 0 aromatic carbocycles. The number of nitrogens with zero attached hydrogens (tertiary/aromatic N) is 3. The normalized spacial score (nSPS) is 15.7. The highest BCUT2D eigenvalue weighted by Crippen LogP contribution is 2.15. The van der Waals surface area contributed by atoms with Gasteiger partial charge in [0.2, 0.25) is 0 Å². The summed E-state index contributed by atoms with van der Waals surface area (Å²) >= 11 is 0. The Labute approximate surface area is 60.0 Å². The summed E-state index contributed by atoms with van der Waals surface area (Å²) in [6.45, 7) is 3.20. The van der Waals surface area contributed by atoms with Gasteiger partial charge in [-0.15, -0.1) is 5.10 Å². The Hall–Kier alpha value is -0.860. The lowest BCUT2D eigenvalue weighted by Gasteiger charge is -1.90. The minimum absolute atomic E-state index is 1.02. The van der Waals surface area contributed by atoms with E-state index in [4.69, 9.17) is 0 Å². The Bertz CT molecular complexity index is 239. The van der Waals surface area contributed by atoms with Crippen molar-refractivity contribution >= 4 is 0 Å². The molecule has 0 fully saturated rings. The predicted octanol–water partition coefficient (Wildman–Crippen LogP) is 0.787. The molecule has 54 valence electrons. The third-order valence-electron chi connectivity index (χ3n) is 2.04. The van der Waals surface area contributed by atoms with Gasteiger partial charge in [0.15, 0.2) is 0 Å². The van der Waals surface area contributed by atoms with Crippen molar-refractivity contribution in [3.05, 3.63) is 11.4 Å². The molecule has 2 rings (SSSR count). The van der Waals surface area contributed by atoms with Crippen LogP contribution < -0.4 is 0 Å². The number of fused-ring (bicyclic) bond motifs is 1. The van der Waals surface area contributed by atoms with Crippen LogP contribution >= 0.6 is 0 Å². The Morgan fingerprint density at radius 3 is 3.30 bits per heavy atom. The van der Waals surface area contributed by atoms with Crippen LogP contribution in [0.4, 0.5) is 0 Å². The van der Waals surface area contributed by atoms with Crippen LogP contribution in [0.3, 0.4) is 0 Å². The summed E-state index contributed by atoms with van der Waals surface area (Å²) in [5, 5.41) is 8.10. The third kappa shape index (κ3) is 0.664. The van der Waals surface area contributed by atoms with Gasteiger partial charge >= 0.3 is 0 Å². The van der Waals surface area contributed by atoms with Crippen molar-refractivity contribution in [3.8, 4) is 0 Å². The van der Waals surface area contributed by atoms with Gasteiger partial charge in [-0.1, -0.05) is 12.1 Å². The van der Waals surface area contributed by atoms with Crippen LogP contribution in [0.25, 0.3) is 0 Å². The van der Waals surface area contributed by atoms with E-state index in [1.54, 1.807) is 0 Å². The highest BCUT2D eigenvalue weighted by atomic mass is 15.4. The quantitative estimate of drug-likeness (QED) is 0.573. The Balaban J connectivity index is 2.44. The van der Waals surface area contributed by atoms with Gasteiger partial charge in [0, 0.05) is 6.54 Å². The molecular weight excluding hydrogens is 126 g/mol. The predicted molar refractivity (Wildman–Crippen MR) is 37.7 cm³/mol. The molecule has 1 aromatic rings. The lowest BCUT2D eigenvalue weighted by atomic mass is 10.2. The third-order valence-corrected chi connectivity index (χ3v) is 2.04. The fraction of sp³-hybridized carbons (Fsp3) is 0.714. The molecule has 0 spiro atoms. The molecule has 0 amide bonds. The number of rotatable bonds is 1. The second-order valence-corrected chi connectivity index (χ2v) is 2.66. The smallest absolute Gasteiger partial charge is 0.0856 e. The summed E-state index contributed by atoms with van der Waals surface area (Å²) in [7, 11) is 0. The summed E-state index contributed by atoms with van der Waals surface area (Å²) in [5.41, 5.74) is 2.56. The Kier molecular flexibility index (Phi) is 1.22. The van der Waals surface area contributed by atoms with E-state index in [2.05, 4.69) is 17.2 Å². The van der Waals surface area contributed by atoms with Crippen molar-refractivity contribution in [2.75, 3.05) is 0 Å². The van der Waals surface area contributed by atoms with Crippen LogP contribution in [0.15, 0.2) is 0 Å². The SMILES string of the molecule is CCc1nnn2c1CCC2. The molecule has 1 aliphatic heterocycles. The summed E-state index contributed by atoms with van der Waals surface area (Å²) < 4.78 is 2.03. The first-order valence-corrected chi connectivity index (χ1v) is 3.83. The van der Waals surface area contributed by atoms with Gasteiger partial charge in [-0.25, -0.2) is 4.68 Å². The first-order chi connectivity index (χ1) is 4.92. The maximum atomic E-state index is 4.07.